The van der Waals surface area contributed by atoms with Crippen molar-refractivity contribution >= 4 is 0 Å². The van der Waals surface area contributed by atoms with Crippen LogP contribution in [0.5, 0.6) is 0 Å². The second-order valence-corrected chi connectivity index (χ2v) is 6.85. The lowest BCUT2D eigenvalue weighted by atomic mass is 9.94. The van der Waals surface area contributed by atoms with Gasteiger partial charge in [0.25, 0.3) is 0 Å². The Hall–Kier alpha value is -1.16. The van der Waals surface area contributed by atoms with Gasteiger partial charge in [0.05, 0.1) is 24.9 Å². The first-order chi connectivity index (χ1) is 11.1. The predicted octanol–water partition coefficient (Wildman–Crippen LogP) is 4.70. The summed E-state index contributed by atoms with van der Waals surface area (Å²) < 4.78 is 18.2. The standard InChI is InChI=1S/C20H28O3/c1-4-17-11-15(3)12-19(22-17)13-18-8-9-21-20(23-18)16-7-5-6-14(2)10-16/h5-7,10,17-20H,3-4,8-9,11-13H2,1-2H3. The van der Waals surface area contributed by atoms with Crippen LogP contribution in [-0.4, -0.2) is 24.9 Å². The lowest BCUT2D eigenvalue weighted by Gasteiger charge is -2.36. The highest BCUT2D eigenvalue weighted by Crippen LogP contribution is 2.32. The van der Waals surface area contributed by atoms with Crippen molar-refractivity contribution in [2.24, 2.45) is 0 Å². The first kappa shape index (κ1) is 16.7. The van der Waals surface area contributed by atoms with E-state index in [1.165, 1.54) is 11.1 Å². The van der Waals surface area contributed by atoms with E-state index in [2.05, 4.69) is 44.7 Å². The molecule has 126 valence electrons. The molecule has 3 rings (SSSR count). The molecule has 4 atom stereocenters. The van der Waals surface area contributed by atoms with E-state index < -0.39 is 0 Å². The highest BCUT2D eigenvalue weighted by atomic mass is 16.7. The molecule has 0 aliphatic carbocycles. The largest absolute Gasteiger partial charge is 0.374 e. The van der Waals surface area contributed by atoms with Gasteiger partial charge in [-0.1, -0.05) is 48.9 Å². The molecule has 23 heavy (non-hydrogen) atoms. The zero-order valence-corrected chi connectivity index (χ0v) is 14.3. The molecule has 0 saturated carbocycles. The highest BCUT2D eigenvalue weighted by molar-refractivity contribution is 5.23. The Morgan fingerprint density at radius 1 is 1.13 bits per heavy atom. The van der Waals surface area contributed by atoms with Gasteiger partial charge in [0.1, 0.15) is 0 Å². The predicted molar refractivity (Wildman–Crippen MR) is 91.3 cm³/mol. The maximum Gasteiger partial charge on any atom is 0.184 e. The fraction of sp³-hybridized carbons (Fsp3) is 0.600. The van der Waals surface area contributed by atoms with Crippen LogP contribution in [0.2, 0.25) is 0 Å². The van der Waals surface area contributed by atoms with Crippen molar-refractivity contribution in [1.82, 2.24) is 0 Å². The summed E-state index contributed by atoms with van der Waals surface area (Å²) in [7, 11) is 0. The monoisotopic (exact) mass is 316 g/mol. The Morgan fingerprint density at radius 3 is 2.74 bits per heavy atom. The third kappa shape index (κ3) is 4.43. The van der Waals surface area contributed by atoms with E-state index in [4.69, 9.17) is 14.2 Å². The summed E-state index contributed by atoms with van der Waals surface area (Å²) in [5, 5.41) is 0. The molecule has 2 aliphatic rings. The van der Waals surface area contributed by atoms with Gasteiger partial charge in [-0.05, 0) is 32.6 Å². The van der Waals surface area contributed by atoms with E-state index in [1.54, 1.807) is 0 Å². The molecule has 0 spiro atoms. The summed E-state index contributed by atoms with van der Waals surface area (Å²) in [6.07, 6.45) is 5.41. The van der Waals surface area contributed by atoms with E-state index in [0.29, 0.717) is 6.10 Å². The molecule has 0 amide bonds. The molecule has 1 aromatic rings. The quantitative estimate of drug-likeness (QED) is 0.753. The minimum Gasteiger partial charge on any atom is -0.374 e. The number of rotatable bonds is 4. The molecule has 3 nitrogen and oxygen atoms in total. The molecular formula is C20H28O3. The molecule has 1 aromatic carbocycles. The third-order valence-corrected chi connectivity index (χ3v) is 4.74. The Kier molecular flexibility index (Phi) is 5.52. The molecule has 0 aromatic heterocycles. The van der Waals surface area contributed by atoms with Gasteiger partial charge in [-0.3, -0.25) is 0 Å². The van der Waals surface area contributed by atoms with Gasteiger partial charge in [0.15, 0.2) is 6.29 Å². The number of hydrogen-bond acceptors (Lipinski definition) is 3. The Balaban J connectivity index is 1.59. The summed E-state index contributed by atoms with van der Waals surface area (Å²) in [6.45, 7) is 9.20. The van der Waals surface area contributed by atoms with Crippen molar-refractivity contribution in [2.75, 3.05) is 6.61 Å². The first-order valence-corrected chi connectivity index (χ1v) is 8.79. The topological polar surface area (TPSA) is 27.7 Å². The maximum atomic E-state index is 6.20. The van der Waals surface area contributed by atoms with Crippen molar-refractivity contribution in [3.63, 3.8) is 0 Å². The molecule has 0 radical (unpaired) electrons. The van der Waals surface area contributed by atoms with Gasteiger partial charge in [-0.25, -0.2) is 0 Å². The Bertz CT molecular complexity index is 539. The Labute approximate surface area is 139 Å². The number of aryl methyl sites for hydroxylation is 1. The number of benzene rings is 1. The SMILES string of the molecule is C=C1CC(CC)OC(CC2CCOC(c3cccc(C)c3)O2)C1. The van der Waals surface area contributed by atoms with E-state index in [-0.39, 0.29) is 18.5 Å². The zero-order valence-electron chi connectivity index (χ0n) is 14.3. The van der Waals surface area contributed by atoms with E-state index in [0.717, 1.165) is 44.3 Å². The van der Waals surface area contributed by atoms with Gasteiger partial charge in [0.2, 0.25) is 0 Å². The third-order valence-electron chi connectivity index (χ3n) is 4.74. The van der Waals surface area contributed by atoms with Crippen molar-refractivity contribution in [3.05, 3.63) is 47.5 Å². The minimum absolute atomic E-state index is 0.197. The van der Waals surface area contributed by atoms with Crippen LogP contribution in [0.4, 0.5) is 0 Å². The summed E-state index contributed by atoms with van der Waals surface area (Å²) >= 11 is 0. The van der Waals surface area contributed by atoms with Crippen LogP contribution in [0, 0.1) is 6.92 Å². The van der Waals surface area contributed by atoms with Crippen molar-refractivity contribution < 1.29 is 14.2 Å². The normalized spacial score (nSPS) is 32.0. The fourth-order valence-electron chi connectivity index (χ4n) is 3.52. The van der Waals surface area contributed by atoms with E-state index >= 15 is 0 Å². The average Bonchev–Trinajstić information content (AvgIpc) is 2.54. The first-order valence-electron chi connectivity index (χ1n) is 8.79. The van der Waals surface area contributed by atoms with Crippen molar-refractivity contribution in [1.29, 1.82) is 0 Å². The molecule has 2 aliphatic heterocycles. The van der Waals surface area contributed by atoms with Crippen LogP contribution in [0.1, 0.15) is 56.4 Å². The molecule has 0 bridgehead atoms. The molecule has 0 N–H and O–H groups in total. The van der Waals surface area contributed by atoms with Gasteiger partial charge >= 0.3 is 0 Å². The van der Waals surface area contributed by atoms with Crippen LogP contribution in [0.3, 0.4) is 0 Å². The van der Waals surface area contributed by atoms with E-state index in [1.807, 2.05) is 0 Å². The highest BCUT2D eigenvalue weighted by Gasteiger charge is 2.30. The molecule has 2 heterocycles. The van der Waals surface area contributed by atoms with Crippen molar-refractivity contribution in [3.8, 4) is 0 Å². The Morgan fingerprint density at radius 2 is 1.96 bits per heavy atom. The maximum absolute atomic E-state index is 6.20. The molecular weight excluding hydrogens is 288 g/mol. The second kappa shape index (κ2) is 7.61. The second-order valence-electron chi connectivity index (χ2n) is 6.85. The molecule has 2 saturated heterocycles. The van der Waals surface area contributed by atoms with Crippen LogP contribution in [0.25, 0.3) is 0 Å². The number of hydrogen-bond donors (Lipinski definition) is 0. The zero-order chi connectivity index (χ0) is 16.2. The fourth-order valence-corrected chi connectivity index (χ4v) is 3.52. The lowest BCUT2D eigenvalue weighted by Crippen LogP contribution is -2.35. The van der Waals surface area contributed by atoms with Gasteiger partial charge in [-0.15, -0.1) is 0 Å². The van der Waals surface area contributed by atoms with Crippen LogP contribution >= 0.6 is 0 Å². The van der Waals surface area contributed by atoms with E-state index in [9.17, 15) is 0 Å². The summed E-state index contributed by atoms with van der Waals surface area (Å²) in [4.78, 5) is 0. The summed E-state index contributed by atoms with van der Waals surface area (Å²) in [5.74, 6) is 0. The van der Waals surface area contributed by atoms with Crippen LogP contribution in [0.15, 0.2) is 36.4 Å². The van der Waals surface area contributed by atoms with Crippen LogP contribution in [-0.2, 0) is 14.2 Å². The lowest BCUT2D eigenvalue weighted by molar-refractivity contribution is -0.225. The van der Waals surface area contributed by atoms with Gasteiger partial charge in [-0.2, -0.15) is 0 Å². The number of ether oxygens (including phenoxy) is 3. The molecule has 4 unspecified atom stereocenters. The molecule has 3 heteroatoms. The average molecular weight is 316 g/mol. The minimum atomic E-state index is -0.248. The molecule has 2 fully saturated rings. The van der Waals surface area contributed by atoms with Crippen LogP contribution < -0.4 is 0 Å². The van der Waals surface area contributed by atoms with Gasteiger partial charge < -0.3 is 14.2 Å². The summed E-state index contributed by atoms with van der Waals surface area (Å²) in [6, 6.07) is 8.36. The smallest absolute Gasteiger partial charge is 0.184 e. The van der Waals surface area contributed by atoms with Gasteiger partial charge in [0, 0.05) is 12.0 Å². The summed E-state index contributed by atoms with van der Waals surface area (Å²) in [5.41, 5.74) is 3.65. The van der Waals surface area contributed by atoms with Crippen molar-refractivity contribution in [2.45, 2.75) is 70.6 Å².